The van der Waals surface area contributed by atoms with E-state index in [0.29, 0.717) is 0 Å². The number of hydrogen-bond donors (Lipinski definition) is 1. The van der Waals surface area contributed by atoms with Crippen LogP contribution in [0.2, 0.25) is 0 Å². The van der Waals surface area contributed by atoms with Gasteiger partial charge in [0.05, 0.1) is 13.2 Å². The molecule has 0 atom stereocenters. The molecule has 0 aromatic carbocycles. The van der Waals surface area contributed by atoms with Gasteiger partial charge in [-0.15, -0.1) is 0 Å². The third-order valence-corrected chi connectivity index (χ3v) is 1.58. The molecule has 0 aliphatic rings. The number of aryl methyl sites for hydroxylation is 1. The van der Waals surface area contributed by atoms with Crippen LogP contribution >= 0.6 is 0 Å². The van der Waals surface area contributed by atoms with Crippen LogP contribution in [0.1, 0.15) is 11.5 Å². The third kappa shape index (κ3) is 3.07. The quantitative estimate of drug-likeness (QED) is 0.675. The predicted octanol–water partition coefficient (Wildman–Crippen LogP) is 1.32. The molecule has 0 radical (unpaired) electrons. The van der Waals surface area contributed by atoms with Crippen molar-refractivity contribution < 1.29 is 9.15 Å². The third-order valence-electron chi connectivity index (χ3n) is 1.58. The molecule has 1 aromatic heterocycles. The average Bonchev–Trinajstić information content (AvgIpc) is 2.45. The van der Waals surface area contributed by atoms with E-state index in [1.54, 1.807) is 7.11 Å². The van der Waals surface area contributed by atoms with Gasteiger partial charge < -0.3 is 14.5 Å². The van der Waals surface area contributed by atoms with Crippen LogP contribution < -0.4 is 5.32 Å². The molecular weight excluding hydrogens is 154 g/mol. The highest BCUT2D eigenvalue weighted by Gasteiger charge is 1.96. The Hall–Kier alpha value is -0.800. The van der Waals surface area contributed by atoms with Crippen LogP contribution in [0.4, 0.5) is 0 Å². The first-order valence-electron chi connectivity index (χ1n) is 4.08. The summed E-state index contributed by atoms with van der Waals surface area (Å²) in [7, 11) is 1.69. The normalized spacial score (nSPS) is 10.5. The smallest absolute Gasteiger partial charge is 0.117 e. The van der Waals surface area contributed by atoms with Crippen LogP contribution in [0, 0.1) is 6.92 Å². The fourth-order valence-corrected chi connectivity index (χ4v) is 0.966. The van der Waals surface area contributed by atoms with Crippen molar-refractivity contribution in [1.29, 1.82) is 0 Å². The molecule has 0 amide bonds. The van der Waals surface area contributed by atoms with Crippen molar-refractivity contribution in [2.24, 2.45) is 0 Å². The Morgan fingerprint density at radius 3 is 2.92 bits per heavy atom. The Morgan fingerprint density at radius 2 is 2.33 bits per heavy atom. The highest BCUT2D eigenvalue weighted by molar-refractivity contribution is 5.04. The predicted molar refractivity (Wildman–Crippen MR) is 47.0 cm³/mol. The summed E-state index contributed by atoms with van der Waals surface area (Å²) in [4.78, 5) is 0. The second-order valence-electron chi connectivity index (χ2n) is 2.68. The van der Waals surface area contributed by atoms with Gasteiger partial charge in [-0.2, -0.15) is 0 Å². The average molecular weight is 169 g/mol. The summed E-state index contributed by atoms with van der Waals surface area (Å²) in [5, 5.41) is 3.20. The van der Waals surface area contributed by atoms with Crippen molar-refractivity contribution in [2.75, 3.05) is 20.3 Å². The van der Waals surface area contributed by atoms with Gasteiger partial charge in [0.1, 0.15) is 11.5 Å². The van der Waals surface area contributed by atoms with Gasteiger partial charge in [0.25, 0.3) is 0 Å². The van der Waals surface area contributed by atoms with Crippen molar-refractivity contribution in [3.05, 3.63) is 23.7 Å². The first-order chi connectivity index (χ1) is 5.83. The van der Waals surface area contributed by atoms with E-state index in [0.717, 1.165) is 31.2 Å². The van der Waals surface area contributed by atoms with E-state index in [1.165, 1.54) is 0 Å². The molecule has 0 bridgehead atoms. The summed E-state index contributed by atoms with van der Waals surface area (Å²) in [5.74, 6) is 1.93. The molecule has 12 heavy (non-hydrogen) atoms. The monoisotopic (exact) mass is 169 g/mol. The SMILES string of the molecule is COCCNCc1ccc(C)o1. The van der Waals surface area contributed by atoms with E-state index in [-0.39, 0.29) is 0 Å². The van der Waals surface area contributed by atoms with E-state index >= 15 is 0 Å². The van der Waals surface area contributed by atoms with Gasteiger partial charge >= 0.3 is 0 Å². The summed E-state index contributed by atoms with van der Waals surface area (Å²) in [6.45, 7) is 4.31. The van der Waals surface area contributed by atoms with Gasteiger partial charge in [0.15, 0.2) is 0 Å². The van der Waals surface area contributed by atoms with E-state index in [1.807, 2.05) is 19.1 Å². The fraction of sp³-hybridized carbons (Fsp3) is 0.556. The summed E-state index contributed by atoms with van der Waals surface area (Å²) in [6, 6.07) is 3.95. The van der Waals surface area contributed by atoms with Crippen molar-refractivity contribution >= 4 is 0 Å². The topological polar surface area (TPSA) is 34.4 Å². The van der Waals surface area contributed by atoms with Crippen LogP contribution in [-0.4, -0.2) is 20.3 Å². The molecule has 3 heteroatoms. The first kappa shape index (κ1) is 9.29. The van der Waals surface area contributed by atoms with E-state index in [4.69, 9.17) is 9.15 Å². The van der Waals surface area contributed by atoms with Crippen molar-refractivity contribution in [1.82, 2.24) is 5.32 Å². The van der Waals surface area contributed by atoms with E-state index in [2.05, 4.69) is 5.32 Å². The lowest BCUT2D eigenvalue weighted by atomic mass is 10.4. The van der Waals surface area contributed by atoms with Crippen molar-refractivity contribution in [3.8, 4) is 0 Å². The van der Waals surface area contributed by atoms with Crippen LogP contribution in [0.5, 0.6) is 0 Å². The van der Waals surface area contributed by atoms with Gasteiger partial charge in [-0.05, 0) is 19.1 Å². The maximum atomic E-state index is 5.36. The Bertz CT molecular complexity index is 220. The molecule has 0 aliphatic heterocycles. The fourth-order valence-electron chi connectivity index (χ4n) is 0.966. The van der Waals surface area contributed by atoms with Crippen LogP contribution in [0.3, 0.4) is 0 Å². The zero-order chi connectivity index (χ0) is 8.81. The molecule has 1 N–H and O–H groups in total. The molecule has 1 rings (SSSR count). The number of hydrogen-bond acceptors (Lipinski definition) is 3. The minimum atomic E-state index is 0.736. The van der Waals surface area contributed by atoms with E-state index in [9.17, 15) is 0 Å². The Labute approximate surface area is 72.7 Å². The maximum absolute atomic E-state index is 5.36. The standard InChI is InChI=1S/C9H15NO2/c1-8-3-4-9(12-8)7-10-5-6-11-2/h3-4,10H,5-7H2,1-2H3. The number of ether oxygens (including phenoxy) is 1. The van der Waals surface area contributed by atoms with Crippen LogP contribution in [-0.2, 0) is 11.3 Å². The number of rotatable bonds is 5. The lowest BCUT2D eigenvalue weighted by molar-refractivity contribution is 0.198. The minimum absolute atomic E-state index is 0.736. The summed E-state index contributed by atoms with van der Waals surface area (Å²) in [6.07, 6.45) is 0. The molecule has 0 saturated heterocycles. The van der Waals surface area contributed by atoms with Crippen molar-refractivity contribution in [3.63, 3.8) is 0 Å². The Kier molecular flexibility index (Phi) is 3.84. The first-order valence-corrected chi connectivity index (χ1v) is 4.08. The number of nitrogens with one attached hydrogen (secondary N) is 1. The highest BCUT2D eigenvalue weighted by Crippen LogP contribution is 2.04. The Balaban J connectivity index is 2.15. The molecule has 68 valence electrons. The largest absolute Gasteiger partial charge is 0.465 e. The molecule has 3 nitrogen and oxygen atoms in total. The van der Waals surface area contributed by atoms with Crippen LogP contribution in [0.15, 0.2) is 16.5 Å². The van der Waals surface area contributed by atoms with Gasteiger partial charge in [-0.1, -0.05) is 0 Å². The molecule has 1 aromatic rings. The number of furan rings is 1. The lowest BCUT2D eigenvalue weighted by Gasteiger charge is -2.00. The van der Waals surface area contributed by atoms with E-state index < -0.39 is 0 Å². The number of methoxy groups -OCH3 is 1. The van der Waals surface area contributed by atoms with Crippen LogP contribution in [0.25, 0.3) is 0 Å². The zero-order valence-electron chi connectivity index (χ0n) is 7.59. The second-order valence-corrected chi connectivity index (χ2v) is 2.68. The molecule has 0 unspecified atom stereocenters. The minimum Gasteiger partial charge on any atom is -0.465 e. The maximum Gasteiger partial charge on any atom is 0.117 e. The highest BCUT2D eigenvalue weighted by atomic mass is 16.5. The summed E-state index contributed by atoms with van der Waals surface area (Å²) in [5.41, 5.74) is 0. The molecule has 0 spiro atoms. The van der Waals surface area contributed by atoms with Gasteiger partial charge in [-0.3, -0.25) is 0 Å². The Morgan fingerprint density at radius 1 is 1.50 bits per heavy atom. The lowest BCUT2D eigenvalue weighted by Crippen LogP contribution is -2.18. The van der Waals surface area contributed by atoms with Gasteiger partial charge in [0.2, 0.25) is 0 Å². The summed E-state index contributed by atoms with van der Waals surface area (Å²) < 4.78 is 10.3. The summed E-state index contributed by atoms with van der Waals surface area (Å²) >= 11 is 0. The molecular formula is C9H15NO2. The zero-order valence-corrected chi connectivity index (χ0v) is 7.59. The molecule has 0 fully saturated rings. The van der Waals surface area contributed by atoms with Gasteiger partial charge in [-0.25, -0.2) is 0 Å². The molecule has 0 aliphatic carbocycles. The van der Waals surface area contributed by atoms with Crippen molar-refractivity contribution in [2.45, 2.75) is 13.5 Å². The second kappa shape index (κ2) is 4.95. The molecule has 1 heterocycles. The molecule has 0 saturated carbocycles. The van der Waals surface area contributed by atoms with Gasteiger partial charge in [0, 0.05) is 13.7 Å².